The summed E-state index contributed by atoms with van der Waals surface area (Å²) < 4.78 is 39.2. The van der Waals surface area contributed by atoms with Gasteiger partial charge in [0.05, 0.1) is 5.56 Å². The van der Waals surface area contributed by atoms with E-state index in [0.29, 0.717) is 22.5 Å². The maximum atomic E-state index is 12.8. The van der Waals surface area contributed by atoms with Crippen molar-refractivity contribution in [3.05, 3.63) is 33.5 Å². The van der Waals surface area contributed by atoms with Crippen LogP contribution in [0.2, 0.25) is 0 Å². The molecule has 1 aliphatic carbocycles. The van der Waals surface area contributed by atoms with Gasteiger partial charge in [-0.05, 0) is 30.7 Å². The quantitative estimate of drug-likeness (QED) is 0.867. The summed E-state index contributed by atoms with van der Waals surface area (Å²) in [4.78, 5) is 13.5. The zero-order valence-electron chi connectivity index (χ0n) is 14.3. The first-order valence-corrected chi connectivity index (χ1v) is 9.03. The summed E-state index contributed by atoms with van der Waals surface area (Å²) in [5.41, 5.74) is 0.0468. The van der Waals surface area contributed by atoms with E-state index in [9.17, 15) is 23.2 Å². The van der Waals surface area contributed by atoms with Crippen LogP contribution in [0.5, 0.6) is 0 Å². The van der Waals surface area contributed by atoms with Crippen molar-refractivity contribution in [2.24, 2.45) is 13.0 Å². The Morgan fingerprint density at radius 3 is 2.85 bits per heavy atom. The van der Waals surface area contributed by atoms with Gasteiger partial charge in [-0.15, -0.1) is 11.3 Å². The number of carbonyl (C=O) groups excluding carboxylic acids is 1. The molecule has 2 heterocycles. The Morgan fingerprint density at radius 2 is 2.27 bits per heavy atom. The number of nitrogens with one attached hydrogen (secondary N) is 1. The number of amides is 1. The number of hydrogen-bond donors (Lipinski definition) is 1. The maximum Gasteiger partial charge on any atom is 0.435 e. The second-order valence-corrected chi connectivity index (χ2v) is 7.43. The first-order chi connectivity index (χ1) is 12.2. The lowest BCUT2D eigenvalue weighted by atomic mass is 9.86. The van der Waals surface area contributed by atoms with Crippen molar-refractivity contribution in [1.82, 2.24) is 9.78 Å². The van der Waals surface area contributed by atoms with Gasteiger partial charge in [0.2, 0.25) is 0 Å². The molecule has 9 heteroatoms. The highest BCUT2D eigenvalue weighted by atomic mass is 32.1. The average molecular weight is 382 g/mol. The van der Waals surface area contributed by atoms with Crippen molar-refractivity contribution in [1.29, 1.82) is 5.26 Å². The van der Waals surface area contributed by atoms with Crippen LogP contribution in [0, 0.1) is 17.2 Å². The van der Waals surface area contributed by atoms with Crippen molar-refractivity contribution in [3.8, 4) is 6.07 Å². The van der Waals surface area contributed by atoms with E-state index in [1.807, 2.05) is 0 Å². The highest BCUT2D eigenvalue weighted by molar-refractivity contribution is 7.16. The Balaban J connectivity index is 1.88. The first-order valence-electron chi connectivity index (χ1n) is 8.21. The topological polar surface area (TPSA) is 70.7 Å². The van der Waals surface area contributed by atoms with Gasteiger partial charge in [0.25, 0.3) is 5.91 Å². The molecule has 2 aromatic rings. The third-order valence-corrected chi connectivity index (χ3v) is 5.86. The van der Waals surface area contributed by atoms with Gasteiger partial charge in [0.1, 0.15) is 16.8 Å². The lowest BCUT2D eigenvalue weighted by molar-refractivity contribution is -0.141. The molecule has 1 unspecified atom stereocenters. The monoisotopic (exact) mass is 382 g/mol. The Kier molecular flexibility index (Phi) is 4.80. The number of aromatic nitrogens is 2. The molecular formula is C17H17F3N4OS. The van der Waals surface area contributed by atoms with Gasteiger partial charge in [-0.25, -0.2) is 0 Å². The molecule has 0 aliphatic heterocycles. The van der Waals surface area contributed by atoms with E-state index in [2.05, 4.69) is 23.4 Å². The van der Waals surface area contributed by atoms with E-state index in [1.165, 1.54) is 18.4 Å². The third-order valence-electron chi connectivity index (χ3n) is 4.69. The van der Waals surface area contributed by atoms with Crippen LogP contribution in [0.1, 0.15) is 52.0 Å². The molecule has 2 aromatic heterocycles. The minimum atomic E-state index is -4.62. The number of alkyl halides is 3. The van der Waals surface area contributed by atoms with Crippen LogP contribution in [0.4, 0.5) is 18.2 Å². The van der Waals surface area contributed by atoms with Gasteiger partial charge in [0, 0.05) is 18.0 Å². The Hall–Kier alpha value is -2.34. The van der Waals surface area contributed by atoms with E-state index in [-0.39, 0.29) is 5.69 Å². The van der Waals surface area contributed by atoms with Crippen molar-refractivity contribution in [2.75, 3.05) is 5.32 Å². The van der Waals surface area contributed by atoms with Gasteiger partial charge in [-0.3, -0.25) is 9.48 Å². The molecule has 3 rings (SSSR count). The normalized spacial score (nSPS) is 16.8. The Morgan fingerprint density at radius 1 is 1.54 bits per heavy atom. The number of aryl methyl sites for hydroxylation is 1. The van der Waals surface area contributed by atoms with E-state index >= 15 is 0 Å². The van der Waals surface area contributed by atoms with Crippen molar-refractivity contribution < 1.29 is 18.0 Å². The summed E-state index contributed by atoms with van der Waals surface area (Å²) in [5, 5.41) is 15.8. The summed E-state index contributed by atoms with van der Waals surface area (Å²) in [5.74, 6) is -0.152. The predicted molar refractivity (Wildman–Crippen MR) is 91.0 cm³/mol. The maximum absolute atomic E-state index is 12.8. The molecule has 5 nitrogen and oxygen atoms in total. The van der Waals surface area contributed by atoms with Crippen LogP contribution in [-0.4, -0.2) is 15.7 Å². The highest BCUT2D eigenvalue weighted by Crippen LogP contribution is 2.40. The SMILES string of the molecule is CCC1CCc2c(sc(NC(=O)c3cc(C(F)(F)F)nn3C)c2C#N)C1. The average Bonchev–Trinajstić information content (AvgIpc) is 3.13. The molecule has 0 aromatic carbocycles. The van der Waals surface area contributed by atoms with Crippen LogP contribution < -0.4 is 5.32 Å². The van der Waals surface area contributed by atoms with Crippen molar-refractivity contribution in [3.63, 3.8) is 0 Å². The molecule has 0 saturated heterocycles. The predicted octanol–water partition coefficient (Wildman–Crippen LogP) is 4.14. The smallest absolute Gasteiger partial charge is 0.311 e. The number of nitrogens with zero attached hydrogens (tertiary/aromatic N) is 3. The van der Waals surface area contributed by atoms with E-state index in [0.717, 1.165) is 40.8 Å². The zero-order chi connectivity index (χ0) is 19.1. The minimum absolute atomic E-state index is 0.209. The van der Waals surface area contributed by atoms with E-state index in [4.69, 9.17) is 0 Å². The minimum Gasteiger partial charge on any atom is -0.311 e. The fourth-order valence-corrected chi connectivity index (χ4v) is 4.50. The van der Waals surface area contributed by atoms with Gasteiger partial charge in [-0.2, -0.15) is 23.5 Å². The molecular weight excluding hydrogens is 365 g/mol. The number of carbonyl (C=O) groups is 1. The number of hydrogen-bond acceptors (Lipinski definition) is 4. The van der Waals surface area contributed by atoms with Crippen LogP contribution in [-0.2, 0) is 26.1 Å². The van der Waals surface area contributed by atoms with Gasteiger partial charge < -0.3 is 5.32 Å². The fourth-order valence-electron chi connectivity index (χ4n) is 3.19. The van der Waals surface area contributed by atoms with Crippen LogP contribution in [0.3, 0.4) is 0 Å². The summed E-state index contributed by atoms with van der Waals surface area (Å²) in [7, 11) is 1.28. The highest BCUT2D eigenvalue weighted by Gasteiger charge is 2.35. The molecule has 138 valence electrons. The lowest BCUT2D eigenvalue weighted by Crippen LogP contribution is -2.16. The fraction of sp³-hybridized carbons (Fsp3) is 0.471. The largest absolute Gasteiger partial charge is 0.435 e. The summed E-state index contributed by atoms with van der Waals surface area (Å²) in [6, 6.07) is 2.84. The molecule has 0 radical (unpaired) electrons. The third kappa shape index (κ3) is 3.33. The lowest BCUT2D eigenvalue weighted by Gasteiger charge is -2.20. The molecule has 1 amide bonds. The van der Waals surface area contributed by atoms with E-state index < -0.39 is 17.8 Å². The Bertz CT molecular complexity index is 891. The number of thiophene rings is 1. The number of anilines is 1. The summed E-state index contributed by atoms with van der Waals surface area (Å²) >= 11 is 1.34. The van der Waals surface area contributed by atoms with Crippen molar-refractivity contribution in [2.45, 2.75) is 38.8 Å². The van der Waals surface area contributed by atoms with Crippen LogP contribution in [0.15, 0.2) is 6.07 Å². The zero-order valence-corrected chi connectivity index (χ0v) is 15.1. The number of fused-ring (bicyclic) bond motifs is 1. The van der Waals surface area contributed by atoms with Gasteiger partial charge >= 0.3 is 6.18 Å². The standard InChI is InChI=1S/C17H17F3N4OS/c1-3-9-4-5-10-11(8-21)16(26-13(10)6-9)22-15(25)12-7-14(17(18,19)20)23-24(12)2/h7,9H,3-6H2,1-2H3,(H,22,25). The number of nitriles is 1. The molecule has 26 heavy (non-hydrogen) atoms. The molecule has 0 bridgehead atoms. The van der Waals surface area contributed by atoms with E-state index in [1.54, 1.807) is 0 Å². The van der Waals surface area contributed by atoms with Gasteiger partial charge in [0.15, 0.2) is 5.69 Å². The second kappa shape index (κ2) is 6.76. The summed E-state index contributed by atoms with van der Waals surface area (Å²) in [6.45, 7) is 2.12. The number of rotatable bonds is 3. The molecule has 1 N–H and O–H groups in total. The van der Waals surface area contributed by atoms with Gasteiger partial charge in [-0.1, -0.05) is 13.3 Å². The molecule has 0 saturated carbocycles. The molecule has 0 spiro atoms. The van der Waals surface area contributed by atoms with Crippen molar-refractivity contribution >= 4 is 22.2 Å². The number of halogens is 3. The molecule has 0 fully saturated rings. The first kappa shape index (κ1) is 18.5. The summed E-state index contributed by atoms with van der Waals surface area (Å²) in [6.07, 6.45) is -0.918. The Labute approximate surface area is 152 Å². The van der Waals surface area contributed by atoms with Crippen LogP contribution in [0.25, 0.3) is 0 Å². The molecule has 1 atom stereocenters. The molecule has 1 aliphatic rings. The van der Waals surface area contributed by atoms with Crippen LogP contribution >= 0.6 is 11.3 Å². The second-order valence-electron chi connectivity index (χ2n) is 6.33.